The molecule has 37 heavy (non-hydrogen) atoms. The smallest absolute Gasteiger partial charge is 0.293 e. The quantitative estimate of drug-likeness (QED) is 0.243. The molecule has 2 aliphatic heterocycles. The molecule has 2 aliphatic rings. The summed E-state index contributed by atoms with van der Waals surface area (Å²) >= 11 is 14.2. The van der Waals surface area contributed by atoms with Crippen molar-refractivity contribution in [3.63, 3.8) is 0 Å². The van der Waals surface area contributed by atoms with Crippen molar-refractivity contribution in [2.45, 2.75) is 13.2 Å². The zero-order valence-electron chi connectivity index (χ0n) is 19.3. The molecular formula is C26H18Br2ClNO6S. The molecule has 2 heterocycles. The molecule has 5 rings (SSSR count). The van der Waals surface area contributed by atoms with E-state index in [2.05, 4.69) is 31.9 Å². The van der Waals surface area contributed by atoms with Gasteiger partial charge in [0.15, 0.2) is 23.0 Å². The highest BCUT2D eigenvalue weighted by molar-refractivity contribution is 9.10. The molecule has 3 aromatic carbocycles. The number of halogens is 3. The van der Waals surface area contributed by atoms with Gasteiger partial charge in [-0.25, -0.2) is 0 Å². The summed E-state index contributed by atoms with van der Waals surface area (Å²) in [4.78, 5) is 27.2. The fraction of sp³-hybridized carbons (Fsp3) is 0.154. The Hall–Kier alpha value is -2.66. The highest BCUT2D eigenvalue weighted by atomic mass is 79.9. The lowest BCUT2D eigenvalue weighted by Gasteiger charge is -2.14. The molecule has 7 nitrogen and oxygen atoms in total. The molecule has 0 N–H and O–H groups in total. The zero-order valence-corrected chi connectivity index (χ0v) is 24.0. The van der Waals surface area contributed by atoms with Crippen LogP contribution in [0.1, 0.15) is 16.7 Å². The van der Waals surface area contributed by atoms with Crippen LogP contribution < -0.4 is 18.9 Å². The van der Waals surface area contributed by atoms with Gasteiger partial charge in [0.2, 0.25) is 6.79 Å². The molecule has 0 unspecified atom stereocenters. The number of thioether (sulfide) groups is 1. The number of methoxy groups -OCH3 is 1. The molecule has 3 aromatic rings. The van der Waals surface area contributed by atoms with E-state index in [-0.39, 0.29) is 18.6 Å². The summed E-state index contributed by atoms with van der Waals surface area (Å²) in [5, 5.41) is 0.00476. The van der Waals surface area contributed by atoms with Crippen LogP contribution in [0.3, 0.4) is 0 Å². The van der Waals surface area contributed by atoms with Crippen molar-refractivity contribution in [2.24, 2.45) is 0 Å². The molecule has 1 fully saturated rings. The Balaban J connectivity index is 1.34. The summed E-state index contributed by atoms with van der Waals surface area (Å²) in [6.07, 6.45) is 1.65. The first-order valence-electron chi connectivity index (χ1n) is 10.9. The summed E-state index contributed by atoms with van der Waals surface area (Å²) in [6, 6.07) is 14.7. The molecular weight excluding hydrogens is 650 g/mol. The highest BCUT2D eigenvalue weighted by Crippen LogP contribution is 2.41. The van der Waals surface area contributed by atoms with E-state index in [1.165, 1.54) is 0 Å². The third kappa shape index (κ3) is 5.62. The minimum Gasteiger partial charge on any atom is -0.493 e. The number of imide groups is 1. The van der Waals surface area contributed by atoms with Crippen LogP contribution in [-0.4, -0.2) is 29.9 Å². The lowest BCUT2D eigenvalue weighted by molar-refractivity contribution is -0.123. The molecule has 0 aromatic heterocycles. The van der Waals surface area contributed by atoms with E-state index >= 15 is 0 Å². The SMILES string of the molecule is COc1cc(/C=C2\SC(=O)N(Cc3cc4c(cc3Cl)OCO4)C2=O)cc(Br)c1OCc1ccc(Br)cc1. The van der Waals surface area contributed by atoms with E-state index in [1.54, 1.807) is 31.4 Å². The normalized spacial score (nSPS) is 15.6. The largest absolute Gasteiger partial charge is 0.493 e. The average Bonchev–Trinajstić information content (AvgIpc) is 3.43. The van der Waals surface area contributed by atoms with Gasteiger partial charge in [-0.15, -0.1) is 0 Å². The Kier molecular flexibility index (Phi) is 7.71. The van der Waals surface area contributed by atoms with Gasteiger partial charge in [-0.2, -0.15) is 0 Å². The second-order valence-electron chi connectivity index (χ2n) is 8.01. The topological polar surface area (TPSA) is 74.3 Å². The molecule has 190 valence electrons. The molecule has 0 radical (unpaired) electrons. The van der Waals surface area contributed by atoms with Gasteiger partial charge in [-0.3, -0.25) is 14.5 Å². The van der Waals surface area contributed by atoms with Crippen molar-refractivity contribution in [3.05, 3.63) is 84.1 Å². The van der Waals surface area contributed by atoms with E-state index in [0.29, 0.717) is 55.1 Å². The minimum absolute atomic E-state index is 0.0212. The van der Waals surface area contributed by atoms with Gasteiger partial charge in [0, 0.05) is 15.6 Å². The van der Waals surface area contributed by atoms with Crippen LogP contribution in [0.2, 0.25) is 5.02 Å². The maximum atomic E-state index is 13.1. The number of benzene rings is 3. The Bertz CT molecular complexity index is 1430. The number of rotatable bonds is 7. The van der Waals surface area contributed by atoms with E-state index in [1.807, 2.05) is 30.3 Å². The third-order valence-corrected chi connectivity index (χ3v) is 7.97. The lowest BCUT2D eigenvalue weighted by Crippen LogP contribution is -2.27. The molecule has 0 saturated carbocycles. The summed E-state index contributed by atoms with van der Waals surface area (Å²) in [7, 11) is 1.54. The molecule has 11 heteroatoms. The molecule has 0 spiro atoms. The van der Waals surface area contributed by atoms with Gasteiger partial charge < -0.3 is 18.9 Å². The summed E-state index contributed by atoms with van der Waals surface area (Å²) < 4.78 is 23.9. The van der Waals surface area contributed by atoms with Crippen LogP contribution in [0.4, 0.5) is 4.79 Å². The second-order valence-corrected chi connectivity index (χ2v) is 11.2. The summed E-state index contributed by atoms with van der Waals surface area (Å²) in [5.74, 6) is 1.68. The van der Waals surface area contributed by atoms with Gasteiger partial charge in [0.05, 0.1) is 23.0 Å². The van der Waals surface area contributed by atoms with Crippen LogP contribution in [0.25, 0.3) is 6.08 Å². The van der Waals surface area contributed by atoms with Crippen LogP contribution in [0.15, 0.2) is 62.4 Å². The minimum atomic E-state index is -0.408. The molecule has 2 amide bonds. The van der Waals surface area contributed by atoms with Gasteiger partial charge in [0.1, 0.15) is 6.61 Å². The first-order valence-corrected chi connectivity index (χ1v) is 13.7. The van der Waals surface area contributed by atoms with Crippen molar-refractivity contribution in [1.29, 1.82) is 0 Å². The predicted octanol–water partition coefficient (Wildman–Crippen LogP) is 7.42. The van der Waals surface area contributed by atoms with E-state index in [0.717, 1.165) is 26.7 Å². The van der Waals surface area contributed by atoms with Crippen molar-refractivity contribution in [2.75, 3.05) is 13.9 Å². The number of carbonyl (C=O) groups is 2. The van der Waals surface area contributed by atoms with Gasteiger partial charge in [-0.1, -0.05) is 39.7 Å². The van der Waals surface area contributed by atoms with Crippen LogP contribution in [-0.2, 0) is 17.9 Å². The lowest BCUT2D eigenvalue weighted by atomic mass is 10.1. The fourth-order valence-corrected chi connectivity index (χ4v) is 5.63. The van der Waals surface area contributed by atoms with Crippen LogP contribution in [0.5, 0.6) is 23.0 Å². The Morgan fingerprint density at radius 2 is 1.81 bits per heavy atom. The summed E-state index contributed by atoms with van der Waals surface area (Å²) in [6.45, 7) is 0.475. The number of ether oxygens (including phenoxy) is 4. The Morgan fingerprint density at radius 3 is 2.54 bits per heavy atom. The molecule has 0 aliphatic carbocycles. The number of carbonyl (C=O) groups excluding carboxylic acids is 2. The average molecular weight is 668 g/mol. The maximum Gasteiger partial charge on any atom is 0.293 e. The first-order chi connectivity index (χ1) is 17.8. The van der Waals surface area contributed by atoms with Gasteiger partial charge in [0.25, 0.3) is 11.1 Å². The van der Waals surface area contributed by atoms with E-state index < -0.39 is 5.91 Å². The van der Waals surface area contributed by atoms with Crippen molar-refractivity contribution < 1.29 is 28.5 Å². The molecule has 0 bridgehead atoms. The van der Waals surface area contributed by atoms with Crippen LogP contribution in [0, 0.1) is 0 Å². The number of hydrogen-bond donors (Lipinski definition) is 0. The molecule has 0 atom stereocenters. The number of amides is 2. The fourth-order valence-electron chi connectivity index (χ4n) is 3.74. The number of fused-ring (bicyclic) bond motifs is 1. The van der Waals surface area contributed by atoms with Crippen LogP contribution >= 0.6 is 55.2 Å². The van der Waals surface area contributed by atoms with E-state index in [4.69, 9.17) is 30.5 Å². The van der Waals surface area contributed by atoms with Crippen molar-refractivity contribution in [1.82, 2.24) is 4.90 Å². The number of nitrogens with zero attached hydrogens (tertiary/aromatic N) is 1. The summed E-state index contributed by atoms with van der Waals surface area (Å²) in [5.41, 5.74) is 2.26. The number of hydrogen-bond acceptors (Lipinski definition) is 7. The van der Waals surface area contributed by atoms with Gasteiger partial charge >= 0.3 is 0 Å². The maximum absolute atomic E-state index is 13.1. The van der Waals surface area contributed by atoms with Gasteiger partial charge in [-0.05, 0) is 80.8 Å². The van der Waals surface area contributed by atoms with Crippen molar-refractivity contribution in [3.8, 4) is 23.0 Å². The Labute approximate surface area is 238 Å². The zero-order chi connectivity index (χ0) is 26.1. The van der Waals surface area contributed by atoms with E-state index in [9.17, 15) is 9.59 Å². The standard InChI is InChI=1S/C26H18Br2ClNO6S/c1-33-22-7-15(6-18(28)24(22)34-12-14-2-4-17(27)5-3-14)8-23-25(31)30(26(32)37-23)11-16-9-20-21(10-19(16)29)36-13-35-20/h2-10H,11-13H2,1H3/b23-8-. The first kappa shape index (κ1) is 26.0. The van der Waals surface area contributed by atoms with Crippen molar-refractivity contribution >= 4 is 72.4 Å². The Morgan fingerprint density at radius 1 is 1.08 bits per heavy atom. The third-order valence-electron chi connectivity index (χ3n) is 5.59. The molecule has 1 saturated heterocycles. The predicted molar refractivity (Wildman–Crippen MR) is 148 cm³/mol. The highest BCUT2D eigenvalue weighted by Gasteiger charge is 2.36. The second kappa shape index (κ2) is 11.0. The monoisotopic (exact) mass is 665 g/mol.